The standard InChI is InChI=1S/C30H33Cl2N5O4Si/c1-19(17-40-23-9-20(16-38)12-33-13-23)41-24-11-22-10-21(5-6-26(22)34-14-24)25-15-37(18-39-7-8-42(2,3)4)29-27(25)28(31)35-30(32)36-29/h5-6,9-15,19,38H,7-8,16-18H2,1-4H3. The molecule has 0 aliphatic carbocycles. The highest BCUT2D eigenvalue weighted by molar-refractivity contribution is 6.76. The molecule has 0 aliphatic rings. The second kappa shape index (κ2) is 12.9. The van der Waals surface area contributed by atoms with Crippen LogP contribution in [-0.4, -0.2) is 57.0 Å². The van der Waals surface area contributed by atoms with Gasteiger partial charge in [-0.3, -0.25) is 9.97 Å². The van der Waals surface area contributed by atoms with Gasteiger partial charge in [0.1, 0.15) is 41.7 Å². The molecule has 220 valence electrons. The lowest BCUT2D eigenvalue weighted by molar-refractivity contribution is 0.0899. The maximum absolute atomic E-state index is 9.31. The molecule has 0 spiro atoms. The summed E-state index contributed by atoms with van der Waals surface area (Å²) in [6, 6.07) is 10.8. The molecule has 0 radical (unpaired) electrons. The summed E-state index contributed by atoms with van der Waals surface area (Å²) in [5, 5.41) is 11.3. The van der Waals surface area contributed by atoms with E-state index in [-0.39, 0.29) is 23.1 Å². The van der Waals surface area contributed by atoms with Gasteiger partial charge in [-0.25, -0.2) is 4.98 Å². The molecule has 0 fully saturated rings. The number of aliphatic hydroxyl groups is 1. The first kappa shape index (κ1) is 30.2. The minimum atomic E-state index is -1.22. The van der Waals surface area contributed by atoms with Gasteiger partial charge >= 0.3 is 0 Å². The van der Waals surface area contributed by atoms with Gasteiger partial charge in [-0.05, 0) is 60.0 Å². The number of hydrogen-bond donors (Lipinski definition) is 1. The Bertz CT molecular complexity index is 1710. The SMILES string of the molecule is CC(COc1cncc(CO)c1)Oc1cnc2ccc(-c3cn(COCC[Si](C)(C)C)c4nc(Cl)nc(Cl)c34)cc2c1. The number of aliphatic hydroxyl groups excluding tert-OH is 1. The highest BCUT2D eigenvalue weighted by atomic mass is 35.5. The first-order valence-corrected chi connectivity index (χ1v) is 18.1. The predicted molar refractivity (Wildman–Crippen MR) is 168 cm³/mol. The maximum atomic E-state index is 9.31. The monoisotopic (exact) mass is 625 g/mol. The Morgan fingerprint density at radius 1 is 1.02 bits per heavy atom. The van der Waals surface area contributed by atoms with Crippen molar-refractivity contribution in [3.63, 3.8) is 0 Å². The highest BCUT2D eigenvalue weighted by Crippen LogP contribution is 2.36. The number of halogens is 2. The summed E-state index contributed by atoms with van der Waals surface area (Å²) in [6.07, 6.45) is 6.62. The van der Waals surface area contributed by atoms with Gasteiger partial charge in [-0.15, -0.1) is 0 Å². The van der Waals surface area contributed by atoms with Crippen molar-refractivity contribution in [2.45, 2.75) is 52.1 Å². The van der Waals surface area contributed by atoms with Crippen molar-refractivity contribution in [1.82, 2.24) is 24.5 Å². The number of fused-ring (bicyclic) bond motifs is 2. The maximum Gasteiger partial charge on any atom is 0.225 e. The third-order valence-electron chi connectivity index (χ3n) is 6.61. The first-order chi connectivity index (χ1) is 20.1. The second-order valence-electron chi connectivity index (χ2n) is 11.3. The molecular formula is C30H33Cl2N5O4Si. The molecular weight excluding hydrogens is 593 g/mol. The van der Waals surface area contributed by atoms with E-state index in [1.165, 1.54) is 0 Å². The summed E-state index contributed by atoms with van der Waals surface area (Å²) in [7, 11) is -1.22. The van der Waals surface area contributed by atoms with E-state index in [1.807, 2.05) is 42.0 Å². The van der Waals surface area contributed by atoms with E-state index in [9.17, 15) is 5.11 Å². The normalized spacial score (nSPS) is 12.6. The Balaban J connectivity index is 1.37. The zero-order valence-electron chi connectivity index (χ0n) is 24.0. The average molecular weight is 627 g/mol. The van der Waals surface area contributed by atoms with Crippen LogP contribution in [0.2, 0.25) is 36.1 Å². The molecule has 0 saturated heterocycles. The van der Waals surface area contributed by atoms with Gasteiger partial charge in [0.2, 0.25) is 5.28 Å². The Labute approximate surface area is 255 Å². The van der Waals surface area contributed by atoms with Crippen molar-refractivity contribution in [1.29, 1.82) is 0 Å². The topological polar surface area (TPSA) is 104 Å². The molecule has 1 atom stereocenters. The van der Waals surface area contributed by atoms with E-state index in [0.29, 0.717) is 48.0 Å². The van der Waals surface area contributed by atoms with Crippen LogP contribution in [0.25, 0.3) is 33.1 Å². The molecule has 1 unspecified atom stereocenters. The van der Waals surface area contributed by atoms with Crippen molar-refractivity contribution in [3.05, 3.63) is 71.1 Å². The third kappa shape index (κ3) is 7.37. The molecule has 0 amide bonds. The van der Waals surface area contributed by atoms with Crippen LogP contribution in [0.15, 0.2) is 55.1 Å². The van der Waals surface area contributed by atoms with E-state index in [2.05, 4.69) is 39.6 Å². The molecule has 4 heterocycles. The predicted octanol–water partition coefficient (Wildman–Crippen LogP) is 7.00. The smallest absolute Gasteiger partial charge is 0.225 e. The molecule has 1 aromatic carbocycles. The minimum absolute atomic E-state index is 0.0838. The quantitative estimate of drug-likeness (QED) is 0.0684. The number of hydrogen-bond acceptors (Lipinski definition) is 8. The Morgan fingerprint density at radius 2 is 1.86 bits per heavy atom. The summed E-state index contributed by atoms with van der Waals surface area (Å²) < 4.78 is 19.8. The molecule has 5 rings (SSSR count). The number of nitrogens with zero attached hydrogens (tertiary/aromatic N) is 5. The van der Waals surface area contributed by atoms with Crippen molar-refractivity contribution >= 4 is 53.2 Å². The fraction of sp³-hybridized carbons (Fsp3) is 0.333. The van der Waals surface area contributed by atoms with Gasteiger partial charge in [0, 0.05) is 38.0 Å². The molecule has 42 heavy (non-hydrogen) atoms. The van der Waals surface area contributed by atoms with Gasteiger partial charge in [0.25, 0.3) is 0 Å². The van der Waals surface area contributed by atoms with Gasteiger partial charge in [-0.2, -0.15) is 4.98 Å². The van der Waals surface area contributed by atoms with Crippen LogP contribution < -0.4 is 9.47 Å². The van der Waals surface area contributed by atoms with Gasteiger partial charge in [0.15, 0.2) is 0 Å². The van der Waals surface area contributed by atoms with E-state index in [1.54, 1.807) is 24.7 Å². The lowest BCUT2D eigenvalue weighted by Crippen LogP contribution is -2.22. The minimum Gasteiger partial charge on any atom is -0.488 e. The van der Waals surface area contributed by atoms with E-state index >= 15 is 0 Å². The van der Waals surface area contributed by atoms with Crippen molar-refractivity contribution < 1.29 is 19.3 Å². The zero-order valence-corrected chi connectivity index (χ0v) is 26.5. The lowest BCUT2D eigenvalue weighted by atomic mass is 10.0. The van der Waals surface area contributed by atoms with Crippen LogP contribution >= 0.6 is 23.2 Å². The molecule has 5 aromatic rings. The lowest BCUT2D eigenvalue weighted by Gasteiger charge is -2.16. The molecule has 0 saturated carbocycles. The van der Waals surface area contributed by atoms with E-state index in [4.69, 9.17) is 37.4 Å². The molecule has 9 nitrogen and oxygen atoms in total. The van der Waals surface area contributed by atoms with Crippen LogP contribution in [0.4, 0.5) is 0 Å². The van der Waals surface area contributed by atoms with Crippen LogP contribution in [0.3, 0.4) is 0 Å². The van der Waals surface area contributed by atoms with Gasteiger partial charge in [0.05, 0.1) is 29.9 Å². The average Bonchev–Trinajstić information content (AvgIpc) is 3.32. The van der Waals surface area contributed by atoms with Crippen molar-refractivity contribution in [2.75, 3.05) is 13.2 Å². The summed E-state index contributed by atoms with van der Waals surface area (Å²) in [5.41, 5.74) is 3.92. The molecule has 4 aromatic heterocycles. The largest absolute Gasteiger partial charge is 0.488 e. The zero-order chi connectivity index (χ0) is 29.9. The van der Waals surface area contributed by atoms with Crippen LogP contribution in [-0.2, 0) is 18.1 Å². The first-order valence-electron chi connectivity index (χ1n) is 13.6. The third-order valence-corrected chi connectivity index (χ3v) is 8.76. The van der Waals surface area contributed by atoms with Gasteiger partial charge in [-0.1, -0.05) is 37.3 Å². The molecule has 0 bridgehead atoms. The summed E-state index contributed by atoms with van der Waals surface area (Å²) in [6.45, 7) is 10.1. The van der Waals surface area contributed by atoms with Crippen LogP contribution in [0.5, 0.6) is 11.5 Å². The highest BCUT2D eigenvalue weighted by Gasteiger charge is 2.19. The number of rotatable bonds is 12. The Kier molecular flexibility index (Phi) is 9.29. The summed E-state index contributed by atoms with van der Waals surface area (Å²) in [5.74, 6) is 1.19. The van der Waals surface area contributed by atoms with E-state index < -0.39 is 8.07 Å². The molecule has 1 N–H and O–H groups in total. The van der Waals surface area contributed by atoms with Crippen molar-refractivity contribution in [3.8, 4) is 22.6 Å². The van der Waals surface area contributed by atoms with E-state index in [0.717, 1.165) is 28.1 Å². The summed E-state index contributed by atoms with van der Waals surface area (Å²) in [4.78, 5) is 17.3. The fourth-order valence-electron chi connectivity index (χ4n) is 4.43. The fourth-order valence-corrected chi connectivity index (χ4v) is 5.66. The Hall–Kier alpha value is -3.28. The van der Waals surface area contributed by atoms with Gasteiger partial charge < -0.3 is 23.9 Å². The van der Waals surface area contributed by atoms with Crippen LogP contribution in [0, 0.1) is 0 Å². The van der Waals surface area contributed by atoms with Crippen molar-refractivity contribution in [2.24, 2.45) is 0 Å². The number of ether oxygens (including phenoxy) is 3. The molecule has 12 heteroatoms. The summed E-state index contributed by atoms with van der Waals surface area (Å²) >= 11 is 12.8. The number of pyridine rings is 2. The second-order valence-corrected chi connectivity index (χ2v) is 17.7. The van der Waals surface area contributed by atoms with Crippen LogP contribution in [0.1, 0.15) is 12.5 Å². The number of aromatic nitrogens is 5. The Morgan fingerprint density at radius 3 is 2.64 bits per heavy atom. The number of benzene rings is 1. The molecule has 0 aliphatic heterocycles.